The van der Waals surface area contributed by atoms with E-state index in [1.807, 2.05) is 19.1 Å². The summed E-state index contributed by atoms with van der Waals surface area (Å²) in [4.78, 5) is 34.1. The number of piperazine rings is 1. The second kappa shape index (κ2) is 8.35. The zero-order valence-electron chi connectivity index (χ0n) is 15.4. The first-order chi connectivity index (χ1) is 13.0. The van der Waals surface area contributed by atoms with Crippen molar-refractivity contribution in [3.8, 4) is 0 Å². The minimum atomic E-state index is -0.129. The van der Waals surface area contributed by atoms with Gasteiger partial charge in [-0.3, -0.25) is 9.59 Å². The zero-order chi connectivity index (χ0) is 19.4. The van der Waals surface area contributed by atoms with Gasteiger partial charge in [0.05, 0.1) is 6.54 Å². The van der Waals surface area contributed by atoms with Crippen LogP contribution < -0.4 is 10.6 Å². The molecule has 2 heterocycles. The molecule has 142 valence electrons. The number of nitrogens with one attached hydrogen (secondary N) is 2. The van der Waals surface area contributed by atoms with Gasteiger partial charge >= 0.3 is 0 Å². The zero-order valence-corrected chi connectivity index (χ0v) is 16.1. The van der Waals surface area contributed by atoms with Crippen molar-refractivity contribution in [2.24, 2.45) is 0 Å². The van der Waals surface area contributed by atoms with Gasteiger partial charge in [-0.1, -0.05) is 30.7 Å². The molecular formula is C19H22ClN5O2. The molecule has 3 rings (SSSR count). The Kier molecular flexibility index (Phi) is 5.91. The Labute approximate surface area is 163 Å². The van der Waals surface area contributed by atoms with Crippen molar-refractivity contribution >= 4 is 29.2 Å². The normalized spacial score (nSPS) is 14.0. The lowest BCUT2D eigenvalue weighted by atomic mass is 10.1. The molecule has 1 saturated heterocycles. The largest absolute Gasteiger partial charge is 0.366 e. The van der Waals surface area contributed by atoms with E-state index in [1.165, 1.54) is 0 Å². The summed E-state index contributed by atoms with van der Waals surface area (Å²) >= 11 is 6.19. The minimum absolute atomic E-state index is 0.107. The Hall–Kier alpha value is -2.67. The number of hydrogen-bond donors (Lipinski definition) is 2. The SMILES string of the molecule is CCc1c(Cl)nc(C)nc1NCc1ccc(C(=O)N2CCNC(=O)C2)cc1. The van der Waals surface area contributed by atoms with E-state index in [0.29, 0.717) is 36.2 Å². The van der Waals surface area contributed by atoms with E-state index >= 15 is 0 Å². The maximum atomic E-state index is 12.5. The van der Waals surface area contributed by atoms with Crippen molar-refractivity contribution in [2.45, 2.75) is 26.8 Å². The van der Waals surface area contributed by atoms with Gasteiger partial charge in [0.25, 0.3) is 5.91 Å². The molecule has 0 aliphatic carbocycles. The van der Waals surface area contributed by atoms with E-state index in [-0.39, 0.29) is 18.4 Å². The Balaban J connectivity index is 1.66. The lowest BCUT2D eigenvalue weighted by Crippen LogP contribution is -2.49. The molecule has 0 atom stereocenters. The second-order valence-corrected chi connectivity index (χ2v) is 6.73. The van der Waals surface area contributed by atoms with E-state index in [0.717, 1.165) is 23.4 Å². The maximum absolute atomic E-state index is 12.5. The van der Waals surface area contributed by atoms with Crippen molar-refractivity contribution in [2.75, 3.05) is 25.0 Å². The first-order valence-electron chi connectivity index (χ1n) is 8.89. The summed E-state index contributed by atoms with van der Waals surface area (Å²) in [6.45, 7) is 5.50. The van der Waals surface area contributed by atoms with E-state index in [4.69, 9.17) is 11.6 Å². The number of hydrogen-bond acceptors (Lipinski definition) is 5. The van der Waals surface area contributed by atoms with Gasteiger partial charge in [-0.15, -0.1) is 0 Å². The summed E-state index contributed by atoms with van der Waals surface area (Å²) in [7, 11) is 0. The molecule has 0 spiro atoms. The van der Waals surface area contributed by atoms with E-state index in [2.05, 4.69) is 20.6 Å². The van der Waals surface area contributed by atoms with Gasteiger partial charge in [0.15, 0.2) is 0 Å². The first-order valence-corrected chi connectivity index (χ1v) is 9.27. The number of rotatable bonds is 5. The molecule has 0 saturated carbocycles. The van der Waals surface area contributed by atoms with Crippen molar-refractivity contribution in [1.29, 1.82) is 0 Å². The number of aryl methyl sites for hydroxylation is 1. The fourth-order valence-electron chi connectivity index (χ4n) is 2.97. The molecule has 1 aliphatic heterocycles. The summed E-state index contributed by atoms with van der Waals surface area (Å²) in [5, 5.41) is 6.48. The third-order valence-electron chi connectivity index (χ3n) is 4.41. The van der Waals surface area contributed by atoms with Crippen LogP contribution in [-0.4, -0.2) is 46.3 Å². The van der Waals surface area contributed by atoms with Gasteiger partial charge < -0.3 is 15.5 Å². The summed E-state index contributed by atoms with van der Waals surface area (Å²) < 4.78 is 0. The number of nitrogens with zero attached hydrogens (tertiary/aromatic N) is 3. The lowest BCUT2D eigenvalue weighted by Gasteiger charge is -2.26. The monoisotopic (exact) mass is 387 g/mol. The molecule has 0 radical (unpaired) electrons. The molecule has 1 aromatic heterocycles. The molecule has 2 N–H and O–H groups in total. The number of anilines is 1. The molecule has 0 bridgehead atoms. The van der Waals surface area contributed by atoms with E-state index in [9.17, 15) is 9.59 Å². The molecule has 0 unspecified atom stereocenters. The summed E-state index contributed by atoms with van der Waals surface area (Å²) in [6.07, 6.45) is 0.734. The number of halogens is 1. The second-order valence-electron chi connectivity index (χ2n) is 6.37. The number of benzene rings is 1. The average Bonchev–Trinajstić information content (AvgIpc) is 2.66. The van der Waals surface area contributed by atoms with Gasteiger partial charge in [-0.25, -0.2) is 9.97 Å². The Morgan fingerprint density at radius 2 is 2.04 bits per heavy atom. The molecule has 1 aromatic carbocycles. The fourth-order valence-corrected chi connectivity index (χ4v) is 3.31. The van der Waals surface area contributed by atoms with Gasteiger partial charge in [-0.05, 0) is 31.0 Å². The summed E-state index contributed by atoms with van der Waals surface area (Å²) in [5.74, 6) is 1.09. The number of amides is 2. The maximum Gasteiger partial charge on any atom is 0.254 e. The molecule has 2 amide bonds. The van der Waals surface area contributed by atoms with Crippen LogP contribution in [0, 0.1) is 6.92 Å². The lowest BCUT2D eigenvalue weighted by molar-refractivity contribution is -0.123. The summed E-state index contributed by atoms with van der Waals surface area (Å²) in [6, 6.07) is 7.35. The first kappa shape index (κ1) is 19.1. The Morgan fingerprint density at radius 1 is 1.30 bits per heavy atom. The topological polar surface area (TPSA) is 87.2 Å². The van der Waals surface area contributed by atoms with Crippen LogP contribution in [0.25, 0.3) is 0 Å². The van der Waals surface area contributed by atoms with Crippen molar-refractivity contribution in [3.05, 3.63) is 51.9 Å². The highest BCUT2D eigenvalue weighted by molar-refractivity contribution is 6.30. The fraction of sp³-hybridized carbons (Fsp3) is 0.368. The third kappa shape index (κ3) is 4.54. The third-order valence-corrected chi connectivity index (χ3v) is 4.72. The molecule has 27 heavy (non-hydrogen) atoms. The van der Waals surface area contributed by atoms with Gasteiger partial charge in [0.1, 0.15) is 16.8 Å². The highest BCUT2D eigenvalue weighted by Gasteiger charge is 2.22. The van der Waals surface area contributed by atoms with Crippen LogP contribution in [0.3, 0.4) is 0 Å². The van der Waals surface area contributed by atoms with E-state index in [1.54, 1.807) is 24.0 Å². The van der Waals surface area contributed by atoms with Gasteiger partial charge in [0, 0.05) is 30.8 Å². The van der Waals surface area contributed by atoms with Crippen LogP contribution in [0.5, 0.6) is 0 Å². The van der Waals surface area contributed by atoms with Gasteiger partial charge in [-0.2, -0.15) is 0 Å². The molecule has 1 aliphatic rings. The standard InChI is InChI=1S/C19H22ClN5O2/c1-3-15-17(20)23-12(2)24-18(15)22-10-13-4-6-14(7-5-13)19(27)25-9-8-21-16(26)11-25/h4-7H,3,8-11H2,1-2H3,(H,21,26)(H,22,23,24). The van der Waals surface area contributed by atoms with Crippen molar-refractivity contribution in [1.82, 2.24) is 20.2 Å². The highest BCUT2D eigenvalue weighted by atomic mass is 35.5. The average molecular weight is 388 g/mol. The molecule has 2 aromatic rings. The van der Waals surface area contributed by atoms with E-state index < -0.39 is 0 Å². The number of aromatic nitrogens is 2. The quantitative estimate of drug-likeness (QED) is 0.768. The van der Waals surface area contributed by atoms with Crippen LogP contribution >= 0.6 is 11.6 Å². The van der Waals surface area contributed by atoms with Crippen molar-refractivity contribution < 1.29 is 9.59 Å². The van der Waals surface area contributed by atoms with Crippen LogP contribution in [0.4, 0.5) is 5.82 Å². The molecule has 1 fully saturated rings. The smallest absolute Gasteiger partial charge is 0.254 e. The van der Waals surface area contributed by atoms with Gasteiger partial charge in [0.2, 0.25) is 5.91 Å². The summed E-state index contributed by atoms with van der Waals surface area (Å²) in [5.41, 5.74) is 2.47. The predicted octanol–water partition coefficient (Wildman–Crippen LogP) is 2.18. The highest BCUT2D eigenvalue weighted by Crippen LogP contribution is 2.22. The minimum Gasteiger partial charge on any atom is -0.366 e. The number of carbonyl (C=O) groups is 2. The number of carbonyl (C=O) groups excluding carboxylic acids is 2. The Bertz CT molecular complexity index is 854. The Morgan fingerprint density at radius 3 is 2.70 bits per heavy atom. The molecular weight excluding hydrogens is 366 g/mol. The van der Waals surface area contributed by atoms with Crippen LogP contribution in [0.15, 0.2) is 24.3 Å². The molecule has 7 nitrogen and oxygen atoms in total. The molecule has 8 heteroatoms. The van der Waals surface area contributed by atoms with Crippen molar-refractivity contribution in [3.63, 3.8) is 0 Å². The van der Waals surface area contributed by atoms with Crippen LogP contribution in [0.2, 0.25) is 5.15 Å². The predicted molar refractivity (Wildman–Crippen MR) is 104 cm³/mol. The van der Waals surface area contributed by atoms with Crippen LogP contribution in [-0.2, 0) is 17.8 Å². The van der Waals surface area contributed by atoms with Crippen LogP contribution in [0.1, 0.15) is 34.2 Å².